The van der Waals surface area contributed by atoms with Gasteiger partial charge in [0, 0.05) is 45.2 Å². The van der Waals surface area contributed by atoms with Crippen LogP contribution in [0.1, 0.15) is 0 Å². The zero-order valence-corrected chi connectivity index (χ0v) is 11.1. The molecule has 0 aromatic carbocycles. The minimum absolute atomic E-state index is 0.116. The van der Waals surface area contributed by atoms with Gasteiger partial charge in [0.15, 0.2) is 13.2 Å². The summed E-state index contributed by atoms with van der Waals surface area (Å²) < 4.78 is 13.8. The van der Waals surface area contributed by atoms with Gasteiger partial charge < -0.3 is 9.47 Å². The van der Waals surface area contributed by atoms with E-state index >= 15 is 0 Å². The third-order valence-electron chi connectivity index (χ3n) is 0.851. The molecule has 0 N–H and O–H groups in total. The molecule has 0 unspecified atom stereocenters. The molecule has 0 aromatic heterocycles. The monoisotopic (exact) mass is 418 g/mol. The molecule has 0 saturated heterocycles. The quantitative estimate of drug-likeness (QED) is 0.289. The van der Waals surface area contributed by atoms with E-state index in [0.29, 0.717) is 0 Å². The predicted octanol–water partition coefficient (Wildman–Crippen LogP) is 0.865. The van der Waals surface area contributed by atoms with E-state index in [1.807, 2.05) is 0 Å². The first-order valence-electron chi connectivity index (χ1n) is 3.23. The number of halogens is 2. The summed E-state index contributed by atoms with van der Waals surface area (Å²) in [6.07, 6.45) is 0. The van der Waals surface area contributed by atoms with Gasteiger partial charge in [-0.15, -0.1) is 0 Å². The fourth-order valence-corrected chi connectivity index (χ4v) is 0.687. The largest absolute Gasteiger partial charge is 0.444 e. The summed E-state index contributed by atoms with van der Waals surface area (Å²) in [6.45, 7) is -0.232. The van der Waals surface area contributed by atoms with Crippen LogP contribution in [0, 0.1) is 19.7 Å². The SMILES string of the molecule is O=C(OCC#CI)C(=O)OCC#CI. The van der Waals surface area contributed by atoms with E-state index in [0.717, 1.165) is 0 Å². The number of esters is 2. The second-order valence-corrected chi connectivity index (χ2v) is 2.77. The topological polar surface area (TPSA) is 52.6 Å². The van der Waals surface area contributed by atoms with Crippen molar-refractivity contribution in [3.63, 3.8) is 0 Å². The summed E-state index contributed by atoms with van der Waals surface area (Å²) in [7, 11) is 0. The van der Waals surface area contributed by atoms with Crippen molar-refractivity contribution >= 4 is 57.1 Å². The molecule has 74 valence electrons. The van der Waals surface area contributed by atoms with Crippen LogP contribution >= 0.6 is 45.2 Å². The highest BCUT2D eigenvalue weighted by Gasteiger charge is 2.15. The van der Waals surface area contributed by atoms with Gasteiger partial charge in [0.1, 0.15) is 0 Å². The summed E-state index contributed by atoms with van der Waals surface area (Å²) in [5, 5.41) is 0. The molecule has 0 heterocycles. The van der Waals surface area contributed by atoms with Crippen molar-refractivity contribution in [2.75, 3.05) is 13.2 Å². The van der Waals surface area contributed by atoms with Gasteiger partial charge in [0.2, 0.25) is 0 Å². The molecule has 0 aliphatic carbocycles. The van der Waals surface area contributed by atoms with Crippen LogP contribution in [0.4, 0.5) is 0 Å². The van der Waals surface area contributed by atoms with Crippen LogP contribution in [0.5, 0.6) is 0 Å². The van der Waals surface area contributed by atoms with Crippen molar-refractivity contribution < 1.29 is 19.1 Å². The Morgan fingerprint density at radius 1 is 0.929 bits per heavy atom. The van der Waals surface area contributed by atoms with Gasteiger partial charge in [0.25, 0.3) is 0 Å². The highest BCUT2D eigenvalue weighted by Crippen LogP contribution is 1.85. The van der Waals surface area contributed by atoms with Crippen molar-refractivity contribution in [2.45, 2.75) is 0 Å². The highest BCUT2D eigenvalue weighted by atomic mass is 127. The zero-order valence-electron chi connectivity index (χ0n) is 6.80. The molecule has 0 saturated carbocycles. The molecule has 6 heteroatoms. The first-order chi connectivity index (χ1) is 6.72. The Bertz CT molecular complexity index is 295. The Labute approximate surface area is 108 Å². The summed E-state index contributed by atoms with van der Waals surface area (Å²) in [6, 6.07) is 0. The number of rotatable bonds is 2. The normalized spacial score (nSPS) is 7.29. The van der Waals surface area contributed by atoms with Gasteiger partial charge in [-0.25, -0.2) is 9.59 Å². The van der Waals surface area contributed by atoms with E-state index in [1.165, 1.54) is 0 Å². The van der Waals surface area contributed by atoms with Crippen molar-refractivity contribution in [2.24, 2.45) is 0 Å². The molecule has 0 bridgehead atoms. The van der Waals surface area contributed by atoms with Crippen LogP contribution in [0.25, 0.3) is 0 Å². The van der Waals surface area contributed by atoms with E-state index in [1.54, 1.807) is 45.2 Å². The van der Waals surface area contributed by atoms with Crippen molar-refractivity contribution in [3.05, 3.63) is 0 Å². The van der Waals surface area contributed by atoms with Gasteiger partial charge in [0.05, 0.1) is 0 Å². The van der Waals surface area contributed by atoms with Crippen LogP contribution in [-0.2, 0) is 19.1 Å². The molecule has 0 rings (SSSR count). The van der Waals surface area contributed by atoms with Crippen LogP contribution in [0.15, 0.2) is 0 Å². The third kappa shape index (κ3) is 6.97. The van der Waals surface area contributed by atoms with E-state index in [9.17, 15) is 9.59 Å². The highest BCUT2D eigenvalue weighted by molar-refractivity contribution is 14.1. The molecular formula is C8H4I2O4. The Morgan fingerprint density at radius 3 is 1.57 bits per heavy atom. The smallest absolute Gasteiger partial charge is 0.418 e. The first-order valence-corrected chi connectivity index (χ1v) is 5.39. The lowest BCUT2D eigenvalue weighted by Gasteiger charge is -1.98. The Kier molecular flexibility index (Phi) is 8.78. The van der Waals surface area contributed by atoms with Crippen LogP contribution in [0.3, 0.4) is 0 Å². The second kappa shape index (κ2) is 9.09. The molecule has 0 amide bonds. The van der Waals surface area contributed by atoms with Crippen LogP contribution in [-0.4, -0.2) is 25.2 Å². The lowest BCUT2D eigenvalue weighted by molar-refractivity contribution is -0.165. The maximum Gasteiger partial charge on any atom is 0.418 e. The summed E-state index contributed by atoms with van der Waals surface area (Å²) in [4.78, 5) is 21.6. The molecule has 0 radical (unpaired) electrons. The molecule has 0 atom stereocenters. The molecule has 0 aliphatic heterocycles. The Balaban J connectivity index is 3.78. The predicted molar refractivity (Wildman–Crippen MR) is 65.5 cm³/mol. The molecule has 4 nitrogen and oxygen atoms in total. The van der Waals surface area contributed by atoms with Crippen LogP contribution < -0.4 is 0 Å². The van der Waals surface area contributed by atoms with Gasteiger partial charge in [-0.3, -0.25) is 0 Å². The van der Waals surface area contributed by atoms with Gasteiger partial charge in [-0.05, 0) is 7.85 Å². The standard InChI is InChI=1S/C8H4I2O4/c9-3-1-5-13-7(11)8(12)14-6-2-4-10/h5-6H2. The van der Waals surface area contributed by atoms with Crippen LogP contribution in [0.2, 0.25) is 0 Å². The minimum Gasteiger partial charge on any atom is -0.444 e. The maximum atomic E-state index is 10.8. The summed E-state index contributed by atoms with van der Waals surface area (Å²) in [5.41, 5.74) is 0. The fraction of sp³-hybridized carbons (Fsp3) is 0.250. The Morgan fingerprint density at radius 2 is 1.29 bits per heavy atom. The third-order valence-corrected chi connectivity index (χ3v) is 1.61. The van der Waals surface area contributed by atoms with Crippen molar-refractivity contribution in [1.82, 2.24) is 0 Å². The second-order valence-electron chi connectivity index (χ2n) is 1.69. The number of ether oxygens (including phenoxy) is 2. The molecule has 0 fully saturated rings. The minimum atomic E-state index is -1.06. The first kappa shape index (κ1) is 13.5. The lowest BCUT2D eigenvalue weighted by Crippen LogP contribution is -2.20. The van der Waals surface area contributed by atoms with Crippen molar-refractivity contribution in [3.8, 4) is 19.7 Å². The molecule has 0 aromatic rings. The maximum absolute atomic E-state index is 10.8. The molecule has 0 spiro atoms. The number of hydrogen-bond donors (Lipinski definition) is 0. The number of carbonyl (C=O) groups is 2. The van der Waals surface area contributed by atoms with Gasteiger partial charge in [-0.2, -0.15) is 0 Å². The van der Waals surface area contributed by atoms with Gasteiger partial charge >= 0.3 is 11.9 Å². The van der Waals surface area contributed by atoms with E-state index in [2.05, 4.69) is 29.2 Å². The summed E-state index contributed by atoms with van der Waals surface area (Å²) in [5.74, 6) is 2.80. The summed E-state index contributed by atoms with van der Waals surface area (Å²) >= 11 is 3.58. The molecule has 14 heavy (non-hydrogen) atoms. The number of carbonyl (C=O) groups excluding carboxylic acids is 2. The van der Waals surface area contributed by atoms with E-state index in [-0.39, 0.29) is 13.2 Å². The zero-order chi connectivity index (χ0) is 10.8. The fourth-order valence-electron chi connectivity index (χ4n) is 0.376. The Hall–Kier alpha value is -0.480. The average Bonchev–Trinajstić information content (AvgIpc) is 2.18. The number of hydrogen-bond acceptors (Lipinski definition) is 4. The molecular weight excluding hydrogens is 414 g/mol. The van der Waals surface area contributed by atoms with Crippen molar-refractivity contribution in [1.29, 1.82) is 0 Å². The van der Waals surface area contributed by atoms with E-state index in [4.69, 9.17) is 0 Å². The average molecular weight is 418 g/mol. The van der Waals surface area contributed by atoms with Gasteiger partial charge in [-0.1, -0.05) is 11.8 Å². The van der Waals surface area contributed by atoms with E-state index < -0.39 is 11.9 Å². The lowest BCUT2D eigenvalue weighted by atomic mass is 10.6. The molecule has 0 aliphatic rings.